The molecule has 0 spiro atoms. The van der Waals surface area contributed by atoms with E-state index in [4.69, 9.17) is 11.6 Å². The van der Waals surface area contributed by atoms with Crippen molar-refractivity contribution >= 4 is 38.6 Å². The SMILES string of the molecule is CCS(=O)(=O)Cc1ccc(C(=O)c2ccc(C)cc2Cl)c(-c2cn(C)c(=O)cc2[C@H](C)N[S@+](C)[O-])c1. The third-order valence-electron chi connectivity index (χ3n) is 5.88. The number of pyridine rings is 1. The Morgan fingerprint density at radius 1 is 1.14 bits per heavy atom. The highest BCUT2D eigenvalue weighted by atomic mass is 35.5. The number of nitrogens with zero attached hydrogens (tertiary/aromatic N) is 1. The Kier molecular flexibility index (Phi) is 8.84. The number of nitrogens with one attached hydrogen (secondary N) is 1. The normalized spacial score (nSPS) is 13.4. The predicted molar refractivity (Wildman–Crippen MR) is 146 cm³/mol. The van der Waals surface area contributed by atoms with Gasteiger partial charge in [-0.3, -0.25) is 9.59 Å². The molecule has 0 aliphatic carbocycles. The van der Waals surface area contributed by atoms with Crippen molar-refractivity contribution in [1.82, 2.24) is 9.29 Å². The third kappa shape index (κ3) is 6.46. The minimum Gasteiger partial charge on any atom is -0.598 e. The maximum Gasteiger partial charge on any atom is 0.250 e. The molecule has 2 aromatic carbocycles. The molecule has 0 unspecified atom stereocenters. The number of hydrogen-bond donors (Lipinski definition) is 1. The van der Waals surface area contributed by atoms with Gasteiger partial charge >= 0.3 is 0 Å². The lowest BCUT2D eigenvalue weighted by atomic mass is 9.89. The van der Waals surface area contributed by atoms with E-state index < -0.39 is 27.2 Å². The van der Waals surface area contributed by atoms with Crippen LogP contribution in [0.3, 0.4) is 0 Å². The number of benzene rings is 2. The molecule has 0 saturated carbocycles. The van der Waals surface area contributed by atoms with Crippen LogP contribution in [0.25, 0.3) is 11.1 Å². The number of sulfone groups is 1. The van der Waals surface area contributed by atoms with E-state index >= 15 is 0 Å². The van der Waals surface area contributed by atoms with Crippen LogP contribution in [0.15, 0.2) is 53.5 Å². The molecule has 0 amide bonds. The molecule has 10 heteroatoms. The van der Waals surface area contributed by atoms with Crippen molar-refractivity contribution in [1.29, 1.82) is 0 Å². The summed E-state index contributed by atoms with van der Waals surface area (Å²) >= 11 is 5.04. The molecule has 0 aliphatic heterocycles. The molecule has 36 heavy (non-hydrogen) atoms. The summed E-state index contributed by atoms with van der Waals surface area (Å²) in [4.78, 5) is 26.2. The summed E-state index contributed by atoms with van der Waals surface area (Å²) in [6.07, 6.45) is 3.09. The van der Waals surface area contributed by atoms with Gasteiger partial charge in [0.25, 0.3) is 5.56 Å². The van der Waals surface area contributed by atoms with E-state index in [1.165, 1.54) is 16.9 Å². The van der Waals surface area contributed by atoms with Crippen LogP contribution >= 0.6 is 11.6 Å². The highest BCUT2D eigenvalue weighted by molar-refractivity contribution is 7.90. The van der Waals surface area contributed by atoms with Gasteiger partial charge in [-0.2, -0.15) is 0 Å². The van der Waals surface area contributed by atoms with Gasteiger partial charge in [0, 0.05) is 53.1 Å². The Morgan fingerprint density at radius 3 is 2.42 bits per heavy atom. The average Bonchev–Trinajstić information content (AvgIpc) is 2.79. The predicted octanol–water partition coefficient (Wildman–Crippen LogP) is 4.12. The van der Waals surface area contributed by atoms with Crippen molar-refractivity contribution in [2.75, 3.05) is 12.0 Å². The Morgan fingerprint density at radius 2 is 1.81 bits per heavy atom. The highest BCUT2D eigenvalue weighted by Gasteiger charge is 2.24. The van der Waals surface area contributed by atoms with Gasteiger partial charge < -0.3 is 9.12 Å². The Hall–Kier alpha value is -2.43. The fraction of sp³-hybridized carbons (Fsp3) is 0.308. The van der Waals surface area contributed by atoms with Crippen LogP contribution in [0.1, 0.15) is 52.5 Å². The largest absolute Gasteiger partial charge is 0.598 e. The van der Waals surface area contributed by atoms with E-state index in [2.05, 4.69) is 4.72 Å². The molecular formula is C26H29ClN2O5S2. The molecule has 192 valence electrons. The van der Waals surface area contributed by atoms with Crippen LogP contribution < -0.4 is 10.3 Å². The monoisotopic (exact) mass is 548 g/mol. The molecule has 3 rings (SSSR count). The summed E-state index contributed by atoms with van der Waals surface area (Å²) in [6.45, 7) is 5.22. The second-order valence-electron chi connectivity index (χ2n) is 8.75. The van der Waals surface area contributed by atoms with Crippen LogP contribution in [0.5, 0.6) is 0 Å². The van der Waals surface area contributed by atoms with Gasteiger partial charge in [-0.25, -0.2) is 8.42 Å². The second kappa shape index (κ2) is 11.3. The molecule has 1 aromatic heterocycles. The molecule has 0 fully saturated rings. The van der Waals surface area contributed by atoms with Gasteiger partial charge in [0.1, 0.15) is 6.26 Å². The fourth-order valence-electron chi connectivity index (χ4n) is 3.95. The van der Waals surface area contributed by atoms with Crippen molar-refractivity contribution in [3.63, 3.8) is 0 Å². The summed E-state index contributed by atoms with van der Waals surface area (Å²) in [5, 5.41) is 0.306. The van der Waals surface area contributed by atoms with Crippen LogP contribution in [0.2, 0.25) is 5.02 Å². The summed E-state index contributed by atoms with van der Waals surface area (Å²) in [5.74, 6) is -0.542. The van der Waals surface area contributed by atoms with Gasteiger partial charge in [0.15, 0.2) is 15.6 Å². The molecular weight excluding hydrogens is 520 g/mol. The highest BCUT2D eigenvalue weighted by Crippen LogP contribution is 2.34. The molecule has 0 bridgehead atoms. The third-order valence-corrected chi connectivity index (χ3v) is 8.54. The van der Waals surface area contributed by atoms with Gasteiger partial charge in [-0.15, -0.1) is 4.72 Å². The first kappa shape index (κ1) is 28.1. The minimum atomic E-state index is -3.34. The van der Waals surface area contributed by atoms with Gasteiger partial charge in [0.05, 0.1) is 16.8 Å². The Labute approximate surface area is 219 Å². The van der Waals surface area contributed by atoms with Crippen molar-refractivity contribution in [2.45, 2.75) is 32.6 Å². The van der Waals surface area contributed by atoms with E-state index in [1.807, 2.05) is 6.92 Å². The lowest BCUT2D eigenvalue weighted by molar-refractivity contribution is 0.103. The summed E-state index contributed by atoms with van der Waals surface area (Å²) < 4.78 is 40.9. The standard InChI is InChI=1S/C26H29ClN2O5S2/c1-6-36(33,34)15-18-8-10-19(26(31)20-9-7-16(2)11-24(20)27)22(12-18)23-14-29(4)25(30)13-21(23)17(3)28-35(5)32/h7-14,17,28H,6,15H2,1-5H3/t17-,35-/m0/s1. The zero-order valence-corrected chi connectivity index (χ0v) is 23.2. The van der Waals surface area contributed by atoms with Gasteiger partial charge in [0.2, 0.25) is 0 Å². The number of hydrogen-bond acceptors (Lipinski definition) is 6. The van der Waals surface area contributed by atoms with Gasteiger partial charge in [-0.05, 0) is 54.3 Å². The van der Waals surface area contributed by atoms with E-state index in [0.717, 1.165) is 5.56 Å². The number of ketones is 1. The first-order chi connectivity index (χ1) is 16.8. The molecule has 7 nitrogen and oxygen atoms in total. The summed E-state index contributed by atoms with van der Waals surface area (Å²) in [7, 11) is -1.75. The van der Waals surface area contributed by atoms with E-state index in [9.17, 15) is 22.6 Å². The lowest BCUT2D eigenvalue weighted by Gasteiger charge is -2.21. The second-order valence-corrected chi connectivity index (χ2v) is 12.7. The summed E-state index contributed by atoms with van der Waals surface area (Å²) in [5.41, 5.74) is 3.30. The Bertz CT molecular complexity index is 1470. The first-order valence-electron chi connectivity index (χ1n) is 11.3. The number of aryl methyl sites for hydroxylation is 2. The maximum absolute atomic E-state index is 13.7. The van der Waals surface area contributed by atoms with Crippen LogP contribution in [0.4, 0.5) is 0 Å². The molecule has 2 atom stereocenters. The Balaban J connectivity index is 2.31. The van der Waals surface area contributed by atoms with E-state index in [0.29, 0.717) is 38.4 Å². The molecule has 0 saturated heterocycles. The maximum atomic E-state index is 13.7. The van der Waals surface area contributed by atoms with E-state index in [1.54, 1.807) is 63.5 Å². The molecule has 1 heterocycles. The van der Waals surface area contributed by atoms with Crippen LogP contribution in [-0.4, -0.2) is 35.3 Å². The molecule has 0 aliphatic rings. The molecule has 1 N–H and O–H groups in total. The van der Waals surface area contributed by atoms with Crippen LogP contribution in [-0.2, 0) is 34.0 Å². The van der Waals surface area contributed by atoms with Crippen molar-refractivity contribution in [3.05, 3.63) is 91.9 Å². The number of aromatic nitrogens is 1. The van der Waals surface area contributed by atoms with Gasteiger partial charge in [-0.1, -0.05) is 36.7 Å². The number of carbonyl (C=O) groups excluding carboxylic acids is 1. The zero-order chi connectivity index (χ0) is 26.8. The zero-order valence-electron chi connectivity index (χ0n) is 20.8. The summed E-state index contributed by atoms with van der Waals surface area (Å²) in [6, 6.07) is 11.0. The number of carbonyl (C=O) groups is 1. The molecule has 3 aromatic rings. The smallest absolute Gasteiger partial charge is 0.250 e. The average molecular weight is 549 g/mol. The lowest BCUT2D eigenvalue weighted by Crippen LogP contribution is -2.28. The van der Waals surface area contributed by atoms with Crippen molar-refractivity contribution in [3.8, 4) is 11.1 Å². The van der Waals surface area contributed by atoms with E-state index in [-0.39, 0.29) is 22.8 Å². The van der Waals surface area contributed by atoms with Crippen molar-refractivity contribution in [2.24, 2.45) is 7.05 Å². The topological polar surface area (TPSA) is 108 Å². The number of rotatable bonds is 9. The molecule has 0 radical (unpaired) electrons. The van der Waals surface area contributed by atoms with Crippen molar-refractivity contribution < 1.29 is 17.8 Å². The number of halogens is 1. The fourth-order valence-corrected chi connectivity index (χ4v) is 5.78. The minimum absolute atomic E-state index is 0.0175. The quantitative estimate of drug-likeness (QED) is 0.318. The van der Waals surface area contributed by atoms with Crippen LogP contribution in [0, 0.1) is 6.92 Å². The first-order valence-corrected chi connectivity index (χ1v) is 15.0.